The van der Waals surface area contributed by atoms with Crippen molar-refractivity contribution in [2.75, 3.05) is 13.1 Å². The molecule has 1 N–H and O–H groups in total. The second-order valence-corrected chi connectivity index (χ2v) is 5.29. The highest BCUT2D eigenvalue weighted by Crippen LogP contribution is 2.09. The van der Waals surface area contributed by atoms with E-state index in [0.717, 1.165) is 42.3 Å². The molecule has 22 heavy (non-hydrogen) atoms. The first kappa shape index (κ1) is 16.3. The van der Waals surface area contributed by atoms with Gasteiger partial charge in [-0.05, 0) is 50.6 Å². The normalized spacial score (nSPS) is 10.7. The van der Waals surface area contributed by atoms with Crippen molar-refractivity contribution in [2.24, 2.45) is 0 Å². The van der Waals surface area contributed by atoms with Crippen molar-refractivity contribution in [2.45, 2.75) is 33.9 Å². The maximum Gasteiger partial charge on any atom is 0.253 e. The number of hydrogen-bond acceptors (Lipinski definition) is 3. The van der Waals surface area contributed by atoms with Crippen molar-refractivity contribution < 1.29 is 9.21 Å². The van der Waals surface area contributed by atoms with E-state index in [1.165, 1.54) is 0 Å². The summed E-state index contributed by atoms with van der Waals surface area (Å²) >= 11 is 0. The van der Waals surface area contributed by atoms with Crippen LogP contribution in [0.25, 0.3) is 0 Å². The summed E-state index contributed by atoms with van der Waals surface area (Å²) in [4.78, 5) is 14.0. The minimum absolute atomic E-state index is 0.0931. The van der Waals surface area contributed by atoms with Crippen molar-refractivity contribution in [3.63, 3.8) is 0 Å². The molecule has 0 aliphatic heterocycles. The summed E-state index contributed by atoms with van der Waals surface area (Å²) in [6.45, 7) is 8.86. The monoisotopic (exact) mass is 300 g/mol. The lowest BCUT2D eigenvalue weighted by Gasteiger charge is -2.18. The number of nitrogens with one attached hydrogen (secondary N) is 1. The Labute approximate surface area is 132 Å². The molecule has 118 valence electrons. The van der Waals surface area contributed by atoms with Gasteiger partial charge in [0.25, 0.3) is 5.91 Å². The van der Waals surface area contributed by atoms with E-state index in [0.29, 0.717) is 6.54 Å². The zero-order chi connectivity index (χ0) is 15.9. The van der Waals surface area contributed by atoms with Crippen LogP contribution in [0.1, 0.15) is 41.3 Å². The first-order valence-electron chi connectivity index (χ1n) is 7.78. The Balaban J connectivity index is 1.87. The third-order valence-electron chi connectivity index (χ3n) is 3.68. The first-order valence-corrected chi connectivity index (χ1v) is 7.78. The molecule has 2 rings (SSSR count). The molecule has 0 saturated heterocycles. The summed E-state index contributed by atoms with van der Waals surface area (Å²) in [7, 11) is 0. The molecule has 4 nitrogen and oxygen atoms in total. The molecule has 1 aromatic carbocycles. The minimum atomic E-state index is 0.0931. The van der Waals surface area contributed by atoms with Gasteiger partial charge in [0.15, 0.2) is 0 Å². The van der Waals surface area contributed by atoms with Crippen molar-refractivity contribution in [3.8, 4) is 0 Å². The van der Waals surface area contributed by atoms with Gasteiger partial charge >= 0.3 is 0 Å². The number of benzene rings is 1. The molecule has 0 spiro atoms. The Morgan fingerprint density at radius 2 is 1.73 bits per heavy atom. The maximum absolute atomic E-state index is 12.2. The van der Waals surface area contributed by atoms with E-state index in [9.17, 15) is 4.79 Å². The first-order chi connectivity index (χ1) is 10.6. The maximum atomic E-state index is 12.2. The number of amides is 1. The Bertz CT molecular complexity index is 598. The van der Waals surface area contributed by atoms with Crippen LogP contribution in [-0.2, 0) is 13.1 Å². The lowest BCUT2D eigenvalue weighted by molar-refractivity contribution is 0.0773. The molecule has 0 aliphatic carbocycles. The predicted octanol–water partition coefficient (Wildman–Crippen LogP) is 3.36. The van der Waals surface area contributed by atoms with Gasteiger partial charge in [-0.15, -0.1) is 0 Å². The molecule has 1 aromatic heterocycles. The average Bonchev–Trinajstić information content (AvgIpc) is 2.94. The third kappa shape index (κ3) is 4.21. The van der Waals surface area contributed by atoms with Gasteiger partial charge in [-0.1, -0.05) is 12.1 Å². The minimum Gasteiger partial charge on any atom is -0.465 e. The number of carbonyl (C=O) groups is 1. The van der Waals surface area contributed by atoms with Crippen LogP contribution in [0.5, 0.6) is 0 Å². The van der Waals surface area contributed by atoms with E-state index in [-0.39, 0.29) is 5.91 Å². The number of aryl methyl sites for hydroxylation is 1. The average molecular weight is 300 g/mol. The van der Waals surface area contributed by atoms with Crippen LogP contribution in [0, 0.1) is 6.92 Å². The lowest BCUT2D eigenvalue weighted by atomic mass is 10.1. The largest absolute Gasteiger partial charge is 0.465 e. The van der Waals surface area contributed by atoms with Gasteiger partial charge in [0.05, 0.1) is 6.54 Å². The quantitative estimate of drug-likeness (QED) is 0.853. The van der Waals surface area contributed by atoms with Gasteiger partial charge in [0.2, 0.25) is 0 Å². The van der Waals surface area contributed by atoms with Crippen LogP contribution in [0.4, 0.5) is 0 Å². The summed E-state index contributed by atoms with van der Waals surface area (Å²) in [5.41, 5.74) is 1.90. The van der Waals surface area contributed by atoms with Crippen molar-refractivity contribution >= 4 is 5.91 Å². The van der Waals surface area contributed by atoms with Crippen LogP contribution >= 0.6 is 0 Å². The topological polar surface area (TPSA) is 45.5 Å². The van der Waals surface area contributed by atoms with Crippen molar-refractivity contribution in [3.05, 3.63) is 59.0 Å². The Morgan fingerprint density at radius 3 is 2.27 bits per heavy atom. The summed E-state index contributed by atoms with van der Waals surface area (Å²) in [5, 5.41) is 3.34. The summed E-state index contributed by atoms with van der Waals surface area (Å²) in [6, 6.07) is 11.7. The van der Waals surface area contributed by atoms with Gasteiger partial charge in [-0.3, -0.25) is 4.79 Å². The molecule has 0 atom stereocenters. The fraction of sp³-hybridized carbons (Fsp3) is 0.389. The molecule has 0 saturated carbocycles. The second kappa shape index (κ2) is 7.80. The highest BCUT2D eigenvalue weighted by Gasteiger charge is 2.11. The number of nitrogens with zero attached hydrogens (tertiary/aromatic N) is 1. The fourth-order valence-electron chi connectivity index (χ4n) is 2.37. The molecule has 1 amide bonds. The van der Waals surface area contributed by atoms with Crippen molar-refractivity contribution in [1.29, 1.82) is 0 Å². The highest BCUT2D eigenvalue weighted by atomic mass is 16.3. The van der Waals surface area contributed by atoms with Gasteiger partial charge in [0.1, 0.15) is 11.5 Å². The molecular weight excluding hydrogens is 276 g/mol. The SMILES string of the molecule is CCN(CC)C(=O)c1ccc(CNCc2ccc(C)o2)cc1. The Morgan fingerprint density at radius 1 is 1.05 bits per heavy atom. The summed E-state index contributed by atoms with van der Waals surface area (Å²) in [6.07, 6.45) is 0. The highest BCUT2D eigenvalue weighted by molar-refractivity contribution is 5.94. The van der Waals surface area contributed by atoms with E-state index >= 15 is 0 Å². The molecule has 0 radical (unpaired) electrons. The molecule has 1 heterocycles. The second-order valence-electron chi connectivity index (χ2n) is 5.29. The molecule has 0 aliphatic rings. The molecule has 0 fully saturated rings. The number of hydrogen-bond donors (Lipinski definition) is 1. The molecule has 0 bridgehead atoms. The van der Waals surface area contributed by atoms with E-state index in [2.05, 4.69) is 5.32 Å². The van der Waals surface area contributed by atoms with E-state index in [1.54, 1.807) is 0 Å². The van der Waals surface area contributed by atoms with E-state index < -0.39 is 0 Å². The molecule has 4 heteroatoms. The lowest BCUT2D eigenvalue weighted by Crippen LogP contribution is -2.30. The fourth-order valence-corrected chi connectivity index (χ4v) is 2.37. The zero-order valence-corrected chi connectivity index (χ0v) is 13.6. The van der Waals surface area contributed by atoms with Gasteiger partial charge in [-0.25, -0.2) is 0 Å². The van der Waals surface area contributed by atoms with Gasteiger partial charge in [0, 0.05) is 25.2 Å². The Hall–Kier alpha value is -2.07. The van der Waals surface area contributed by atoms with E-state index in [4.69, 9.17) is 4.42 Å². The standard InChI is InChI=1S/C18H24N2O2/c1-4-20(5-2)18(21)16-9-7-15(8-10-16)12-19-13-17-11-6-14(3)22-17/h6-11,19H,4-5,12-13H2,1-3H3. The summed E-state index contributed by atoms with van der Waals surface area (Å²) in [5.74, 6) is 1.96. The zero-order valence-electron chi connectivity index (χ0n) is 13.6. The predicted molar refractivity (Wildman–Crippen MR) is 87.7 cm³/mol. The van der Waals surface area contributed by atoms with Gasteiger partial charge in [-0.2, -0.15) is 0 Å². The summed E-state index contributed by atoms with van der Waals surface area (Å²) < 4.78 is 5.51. The van der Waals surface area contributed by atoms with Crippen LogP contribution in [0.15, 0.2) is 40.8 Å². The van der Waals surface area contributed by atoms with Crippen LogP contribution < -0.4 is 5.32 Å². The van der Waals surface area contributed by atoms with Crippen LogP contribution in [0.3, 0.4) is 0 Å². The Kier molecular flexibility index (Phi) is 5.78. The van der Waals surface area contributed by atoms with Crippen LogP contribution in [-0.4, -0.2) is 23.9 Å². The van der Waals surface area contributed by atoms with E-state index in [1.807, 2.05) is 62.1 Å². The smallest absolute Gasteiger partial charge is 0.253 e. The number of rotatable bonds is 7. The molecule has 0 unspecified atom stereocenters. The number of carbonyl (C=O) groups excluding carboxylic acids is 1. The van der Waals surface area contributed by atoms with Gasteiger partial charge < -0.3 is 14.6 Å². The van der Waals surface area contributed by atoms with Crippen molar-refractivity contribution in [1.82, 2.24) is 10.2 Å². The van der Waals surface area contributed by atoms with Crippen LogP contribution in [0.2, 0.25) is 0 Å². The third-order valence-corrected chi connectivity index (χ3v) is 3.68. The number of furan rings is 1. The molecular formula is C18H24N2O2. The molecule has 2 aromatic rings.